The van der Waals surface area contributed by atoms with E-state index in [4.69, 9.17) is 4.74 Å². The highest BCUT2D eigenvalue weighted by atomic mass is 79.9. The molecule has 0 saturated carbocycles. The summed E-state index contributed by atoms with van der Waals surface area (Å²) in [5.41, 5.74) is 1.32. The highest BCUT2D eigenvalue weighted by Crippen LogP contribution is 2.30. The van der Waals surface area contributed by atoms with Crippen LogP contribution in [-0.2, 0) is 26.2 Å². The lowest BCUT2D eigenvalue weighted by atomic mass is 10.1. The van der Waals surface area contributed by atoms with E-state index in [2.05, 4.69) is 21.2 Å². The van der Waals surface area contributed by atoms with Gasteiger partial charge < -0.3 is 15.0 Å². The van der Waals surface area contributed by atoms with Crippen LogP contribution >= 0.6 is 15.9 Å². The van der Waals surface area contributed by atoms with Crippen LogP contribution in [0.25, 0.3) is 0 Å². The van der Waals surface area contributed by atoms with Crippen LogP contribution in [0.1, 0.15) is 39.2 Å². The van der Waals surface area contributed by atoms with Crippen LogP contribution in [0.15, 0.2) is 53.0 Å². The van der Waals surface area contributed by atoms with Crippen LogP contribution in [0.4, 0.5) is 5.69 Å². The van der Waals surface area contributed by atoms with Gasteiger partial charge in [0, 0.05) is 30.5 Å². The van der Waals surface area contributed by atoms with E-state index in [1.54, 1.807) is 31.2 Å². The Hall–Kier alpha value is -2.59. The molecule has 2 aromatic carbocycles. The molecule has 1 atom stereocenters. The second kappa shape index (κ2) is 13.5. The fraction of sp³-hybridized carbons (Fsp3) is 0.440. The van der Waals surface area contributed by atoms with E-state index in [1.807, 2.05) is 38.1 Å². The number of nitrogens with one attached hydrogen (secondary N) is 1. The van der Waals surface area contributed by atoms with Crippen molar-refractivity contribution >= 4 is 43.5 Å². The number of sulfonamides is 1. The number of carbonyl (C=O) groups is 2. The van der Waals surface area contributed by atoms with E-state index in [0.29, 0.717) is 24.6 Å². The maximum atomic E-state index is 13.3. The first-order chi connectivity index (χ1) is 16.6. The second-order valence-corrected chi connectivity index (χ2v) is 10.9. The Balaban J connectivity index is 2.19. The second-order valence-electron chi connectivity index (χ2n) is 8.06. The Labute approximate surface area is 216 Å². The van der Waals surface area contributed by atoms with Gasteiger partial charge in [-0.2, -0.15) is 0 Å². The minimum absolute atomic E-state index is 0.0839. The Kier molecular flexibility index (Phi) is 11.0. The van der Waals surface area contributed by atoms with Gasteiger partial charge in [-0.25, -0.2) is 8.42 Å². The Morgan fingerprint density at radius 3 is 2.46 bits per heavy atom. The summed E-state index contributed by atoms with van der Waals surface area (Å²) < 4.78 is 32.9. The van der Waals surface area contributed by atoms with Crippen LogP contribution in [0.2, 0.25) is 0 Å². The fourth-order valence-electron chi connectivity index (χ4n) is 3.66. The van der Waals surface area contributed by atoms with Gasteiger partial charge in [0.25, 0.3) is 0 Å². The van der Waals surface area contributed by atoms with Crippen molar-refractivity contribution in [2.75, 3.05) is 30.3 Å². The molecule has 0 fully saturated rings. The lowest BCUT2D eigenvalue weighted by molar-refractivity contribution is -0.140. The number of para-hydroxylation sites is 2. The van der Waals surface area contributed by atoms with E-state index in [0.717, 1.165) is 16.3 Å². The molecule has 35 heavy (non-hydrogen) atoms. The lowest BCUT2D eigenvalue weighted by Crippen LogP contribution is -2.47. The number of nitrogens with zero attached hydrogens (tertiary/aromatic N) is 2. The Morgan fingerprint density at radius 1 is 1.11 bits per heavy atom. The van der Waals surface area contributed by atoms with Gasteiger partial charge in [0.15, 0.2) is 0 Å². The van der Waals surface area contributed by atoms with E-state index >= 15 is 0 Å². The Bertz CT molecular complexity index is 1110. The SMILES string of the molecule is CCNC(=O)[C@H](C)N(Cc1cccc(Br)c1)C(=O)CCCN(c1ccccc1OCC)S(C)(=O)=O. The molecule has 1 N–H and O–H groups in total. The average molecular weight is 569 g/mol. The summed E-state index contributed by atoms with van der Waals surface area (Å²) in [7, 11) is -3.61. The number of hydrogen-bond donors (Lipinski definition) is 1. The van der Waals surface area contributed by atoms with Crippen molar-refractivity contribution in [3.8, 4) is 5.75 Å². The molecule has 0 heterocycles. The molecule has 8 nitrogen and oxygen atoms in total. The minimum Gasteiger partial charge on any atom is -0.492 e. The molecule has 2 rings (SSSR count). The molecular formula is C25H34BrN3O5S. The monoisotopic (exact) mass is 567 g/mol. The van der Waals surface area contributed by atoms with Crippen LogP contribution in [0.5, 0.6) is 5.75 Å². The zero-order chi connectivity index (χ0) is 26.0. The Morgan fingerprint density at radius 2 is 1.83 bits per heavy atom. The third-order valence-electron chi connectivity index (χ3n) is 5.35. The first-order valence-electron chi connectivity index (χ1n) is 11.6. The molecule has 0 bridgehead atoms. The van der Waals surface area contributed by atoms with Crippen molar-refractivity contribution in [2.24, 2.45) is 0 Å². The summed E-state index contributed by atoms with van der Waals surface area (Å²) in [5.74, 6) is 0.00224. The summed E-state index contributed by atoms with van der Waals surface area (Å²) >= 11 is 3.44. The smallest absolute Gasteiger partial charge is 0.242 e. The van der Waals surface area contributed by atoms with Gasteiger partial charge in [0.05, 0.1) is 18.6 Å². The first kappa shape index (κ1) is 28.6. The molecule has 2 aromatic rings. The molecule has 0 aliphatic rings. The quantitative estimate of drug-likeness (QED) is 0.395. The molecule has 0 aliphatic carbocycles. The van der Waals surface area contributed by atoms with Crippen molar-refractivity contribution in [1.82, 2.24) is 10.2 Å². The third kappa shape index (κ3) is 8.54. The summed E-state index contributed by atoms with van der Waals surface area (Å²) in [5, 5.41) is 2.77. The topological polar surface area (TPSA) is 96.0 Å². The van der Waals surface area contributed by atoms with Crippen LogP contribution < -0.4 is 14.4 Å². The molecule has 0 radical (unpaired) electrons. The number of ether oxygens (including phenoxy) is 1. The highest BCUT2D eigenvalue weighted by Gasteiger charge is 2.27. The first-order valence-corrected chi connectivity index (χ1v) is 14.2. The van der Waals surface area contributed by atoms with Gasteiger partial charge in [-0.05, 0) is 57.0 Å². The molecule has 10 heteroatoms. The van der Waals surface area contributed by atoms with Gasteiger partial charge in [-0.3, -0.25) is 13.9 Å². The molecule has 0 aromatic heterocycles. The number of rotatable bonds is 13. The van der Waals surface area contributed by atoms with Crippen molar-refractivity contribution in [3.05, 3.63) is 58.6 Å². The van der Waals surface area contributed by atoms with Crippen LogP contribution in [-0.4, -0.2) is 57.1 Å². The van der Waals surface area contributed by atoms with Gasteiger partial charge in [0.1, 0.15) is 11.8 Å². The van der Waals surface area contributed by atoms with Gasteiger partial charge in [-0.1, -0.05) is 40.2 Å². The predicted octanol–water partition coefficient (Wildman–Crippen LogP) is 3.95. The highest BCUT2D eigenvalue weighted by molar-refractivity contribution is 9.10. The fourth-order valence-corrected chi connectivity index (χ4v) is 5.08. The van der Waals surface area contributed by atoms with E-state index in [-0.39, 0.29) is 37.7 Å². The van der Waals surface area contributed by atoms with E-state index < -0.39 is 16.1 Å². The number of amides is 2. The van der Waals surface area contributed by atoms with Gasteiger partial charge in [-0.15, -0.1) is 0 Å². The summed E-state index contributed by atoms with van der Waals surface area (Å²) in [6.07, 6.45) is 1.50. The van der Waals surface area contributed by atoms with Gasteiger partial charge in [0.2, 0.25) is 21.8 Å². The zero-order valence-corrected chi connectivity index (χ0v) is 23.1. The standard InChI is InChI=1S/C25H34BrN3O5S/c1-5-27-25(31)19(3)28(18-20-11-9-12-21(26)17-20)24(30)15-10-16-29(35(4,32)33)22-13-7-8-14-23(22)34-6-2/h7-9,11-14,17,19H,5-6,10,15-16,18H2,1-4H3,(H,27,31)/t19-/m0/s1. The molecule has 0 aliphatic heterocycles. The number of halogens is 1. The van der Waals surface area contributed by atoms with Crippen LogP contribution in [0, 0.1) is 0 Å². The molecule has 0 spiro atoms. The summed E-state index contributed by atoms with van der Waals surface area (Å²) in [6.45, 7) is 6.58. The summed E-state index contributed by atoms with van der Waals surface area (Å²) in [4.78, 5) is 27.3. The van der Waals surface area contributed by atoms with Crippen molar-refractivity contribution < 1.29 is 22.7 Å². The lowest BCUT2D eigenvalue weighted by Gasteiger charge is -2.29. The number of likely N-dealkylation sites (N-methyl/N-ethyl adjacent to an activating group) is 1. The minimum atomic E-state index is -3.61. The average Bonchev–Trinajstić information content (AvgIpc) is 2.80. The third-order valence-corrected chi connectivity index (χ3v) is 7.02. The van der Waals surface area contributed by atoms with Crippen LogP contribution in [0.3, 0.4) is 0 Å². The van der Waals surface area contributed by atoms with Crippen molar-refractivity contribution in [3.63, 3.8) is 0 Å². The molecular weight excluding hydrogens is 534 g/mol. The maximum Gasteiger partial charge on any atom is 0.242 e. The molecule has 192 valence electrons. The maximum absolute atomic E-state index is 13.3. The van der Waals surface area contributed by atoms with E-state index in [1.165, 1.54) is 9.21 Å². The normalized spacial score (nSPS) is 12.0. The number of benzene rings is 2. The van der Waals surface area contributed by atoms with Crippen molar-refractivity contribution in [1.29, 1.82) is 0 Å². The van der Waals surface area contributed by atoms with E-state index in [9.17, 15) is 18.0 Å². The number of hydrogen-bond acceptors (Lipinski definition) is 5. The largest absolute Gasteiger partial charge is 0.492 e. The predicted molar refractivity (Wildman–Crippen MR) is 142 cm³/mol. The molecule has 0 unspecified atom stereocenters. The zero-order valence-electron chi connectivity index (χ0n) is 20.7. The molecule has 0 saturated heterocycles. The number of carbonyl (C=O) groups excluding carboxylic acids is 2. The summed E-state index contributed by atoms with van der Waals surface area (Å²) in [6, 6.07) is 13.8. The van der Waals surface area contributed by atoms with Gasteiger partial charge >= 0.3 is 0 Å². The van der Waals surface area contributed by atoms with Crippen molar-refractivity contribution in [2.45, 2.75) is 46.2 Å². The number of anilines is 1. The molecule has 2 amide bonds.